The molecule has 0 aromatic carbocycles. The van der Waals surface area contributed by atoms with E-state index in [0.29, 0.717) is 23.9 Å². The number of H-pyrrole nitrogens is 1. The fraction of sp³-hybridized carbons (Fsp3) is 0.625. The summed E-state index contributed by atoms with van der Waals surface area (Å²) in [7, 11) is -4.37. The van der Waals surface area contributed by atoms with E-state index in [0.717, 1.165) is 0 Å². The van der Waals surface area contributed by atoms with Crippen molar-refractivity contribution in [2.45, 2.75) is 49.5 Å². The van der Waals surface area contributed by atoms with E-state index >= 15 is 0 Å². The van der Waals surface area contributed by atoms with E-state index in [1.54, 1.807) is 6.92 Å². The van der Waals surface area contributed by atoms with Crippen LogP contribution in [0.2, 0.25) is 0 Å². The predicted molar refractivity (Wildman–Crippen MR) is 113 cm³/mol. The molecule has 0 spiro atoms. The quantitative estimate of drug-likeness (QED) is 0.139. The number of anilines is 1. The summed E-state index contributed by atoms with van der Waals surface area (Å²) in [5.41, 5.74) is 5.20. The van der Waals surface area contributed by atoms with Gasteiger partial charge in [0.1, 0.15) is 0 Å². The summed E-state index contributed by atoms with van der Waals surface area (Å²) in [6.45, 7) is 1.83. The molecule has 2 aliphatic rings. The molecule has 14 nitrogen and oxygen atoms in total. The molecule has 2 aliphatic heterocycles. The van der Waals surface area contributed by atoms with E-state index in [9.17, 15) is 24.5 Å². The monoisotopic (exact) mass is 493 g/mol. The summed E-state index contributed by atoms with van der Waals surface area (Å²) in [4.78, 5) is 54.2. The van der Waals surface area contributed by atoms with Crippen molar-refractivity contribution in [2.24, 2.45) is 0 Å². The minimum absolute atomic E-state index is 0.0111. The Labute approximate surface area is 185 Å². The number of thioether (sulfide) groups is 1. The van der Waals surface area contributed by atoms with Gasteiger partial charge in [0.25, 0.3) is 0 Å². The summed E-state index contributed by atoms with van der Waals surface area (Å²) >= 11 is 1.23. The summed E-state index contributed by atoms with van der Waals surface area (Å²) in [6, 6.07) is 0. The molecule has 6 N–H and O–H groups in total. The number of nitrogens with two attached hydrogens (primary N) is 1. The zero-order valence-electron chi connectivity index (χ0n) is 17.0. The second kappa shape index (κ2) is 9.19. The summed E-state index contributed by atoms with van der Waals surface area (Å²) in [5, 5.41) is 11.1. The average Bonchev–Trinajstić information content (AvgIpc) is 3.22. The van der Waals surface area contributed by atoms with Crippen molar-refractivity contribution in [1.82, 2.24) is 19.5 Å². The Morgan fingerprint density at radius 3 is 2.97 bits per heavy atom. The third-order valence-corrected chi connectivity index (χ3v) is 7.05. The number of carbonyl (C=O) groups is 1. The Kier molecular flexibility index (Phi) is 6.70. The molecule has 4 atom stereocenters. The Morgan fingerprint density at radius 2 is 2.22 bits per heavy atom. The molecule has 0 saturated carbocycles. The third-order valence-electron chi connectivity index (χ3n) is 4.89. The third kappa shape index (κ3) is 4.61. The van der Waals surface area contributed by atoms with Gasteiger partial charge >= 0.3 is 172 Å². The maximum atomic E-state index is 12.4. The van der Waals surface area contributed by atoms with E-state index in [2.05, 4.69) is 15.0 Å². The molecule has 0 aliphatic carbocycles. The van der Waals surface area contributed by atoms with Crippen LogP contribution in [0.15, 0.2) is 9.95 Å². The number of aliphatic hydroxyl groups excluding tert-OH is 1. The van der Waals surface area contributed by atoms with Gasteiger partial charge in [-0.1, -0.05) is 0 Å². The van der Waals surface area contributed by atoms with Crippen LogP contribution >= 0.6 is 19.9 Å². The zero-order valence-corrected chi connectivity index (χ0v) is 18.8. The molecule has 2 fully saturated rings. The fourth-order valence-corrected chi connectivity index (χ4v) is 5.59. The van der Waals surface area contributed by atoms with Crippen LogP contribution in [-0.4, -0.2) is 77.7 Å². The fourth-order valence-electron chi connectivity index (χ4n) is 3.54. The Balaban J connectivity index is 1.63. The number of nitrogens with zero attached hydrogens (tertiary/aromatic N) is 3. The van der Waals surface area contributed by atoms with Gasteiger partial charge in [0.15, 0.2) is 0 Å². The number of esters is 1. The molecule has 4 heterocycles. The van der Waals surface area contributed by atoms with Gasteiger partial charge in [0.2, 0.25) is 0 Å². The van der Waals surface area contributed by atoms with Crippen molar-refractivity contribution < 1.29 is 38.2 Å². The number of fused-ring (bicyclic) bond motifs is 2. The Morgan fingerprint density at radius 1 is 1.44 bits per heavy atom. The maximum absolute atomic E-state index is 12.4. The molecule has 0 bridgehead atoms. The van der Waals surface area contributed by atoms with E-state index < -0.39 is 38.3 Å². The standard InChI is InChI=1S/C16H24N5O9PS/c1-2-27-8(22)4-3-5-32-16-18-9-12(19-15(17)20-13(9)24)21(16)14-10(23)11-7(29-14)6-28-31(25,26)30-11/h7,10-11,14,23,25-26,31H,2-6H2,1H3,(H3,17,19,20,24)/t7?,10?,11-,14-/m1/s1. The number of aliphatic hydroxyl groups is 1. The first kappa shape index (κ1) is 23.3. The van der Waals surface area contributed by atoms with Crippen molar-refractivity contribution in [3.63, 3.8) is 0 Å². The van der Waals surface area contributed by atoms with Crippen LogP contribution in [-0.2, 0) is 23.3 Å². The van der Waals surface area contributed by atoms with Gasteiger partial charge < -0.3 is 0 Å². The number of carbonyl (C=O) groups excluding carboxylic acids is 1. The molecule has 2 aromatic heterocycles. The number of aromatic nitrogens is 4. The number of nitrogens with one attached hydrogen (secondary N) is 1. The number of hydrogen-bond acceptors (Lipinski definition) is 13. The zero-order chi connectivity index (χ0) is 23.0. The molecule has 0 amide bonds. The molecular formula is C16H24N5O9PS. The summed E-state index contributed by atoms with van der Waals surface area (Å²) in [5.74, 6) is -0.0123. The summed E-state index contributed by atoms with van der Waals surface area (Å²) < 4.78 is 22.2. The van der Waals surface area contributed by atoms with Gasteiger partial charge in [-0.15, -0.1) is 0 Å². The molecule has 2 saturated heterocycles. The van der Waals surface area contributed by atoms with Gasteiger partial charge in [-0.3, -0.25) is 0 Å². The first-order valence-corrected chi connectivity index (χ1v) is 12.6. The SMILES string of the molecule is CCOC(=O)CCCSc1nc2c(=O)[nH]c(N)nc2n1[C@@H]1OC2CO[PH](O)(O)O[C@H]2C1O. The minimum atomic E-state index is -4.37. The van der Waals surface area contributed by atoms with Crippen LogP contribution in [0.5, 0.6) is 0 Å². The van der Waals surface area contributed by atoms with Crippen molar-refractivity contribution >= 4 is 43.0 Å². The van der Waals surface area contributed by atoms with Crippen LogP contribution < -0.4 is 11.3 Å². The number of ether oxygens (including phenoxy) is 2. The molecule has 16 heteroatoms. The van der Waals surface area contributed by atoms with Crippen molar-refractivity contribution in [2.75, 3.05) is 24.7 Å². The van der Waals surface area contributed by atoms with Gasteiger partial charge in [-0.25, -0.2) is 0 Å². The van der Waals surface area contributed by atoms with Gasteiger partial charge in [0, 0.05) is 0 Å². The number of aromatic amines is 1. The summed E-state index contributed by atoms with van der Waals surface area (Å²) in [6.07, 6.45) is -3.60. The average molecular weight is 493 g/mol. The van der Waals surface area contributed by atoms with E-state index in [-0.39, 0.29) is 36.1 Å². The van der Waals surface area contributed by atoms with Gasteiger partial charge in [-0.05, 0) is 6.92 Å². The number of nitrogen functional groups attached to an aromatic ring is 1. The first-order chi connectivity index (χ1) is 15.2. The van der Waals surface area contributed by atoms with Gasteiger partial charge in [-0.2, -0.15) is 0 Å². The van der Waals surface area contributed by atoms with Crippen LogP contribution in [0.3, 0.4) is 0 Å². The topological polar surface area (TPSA) is 204 Å². The molecule has 0 radical (unpaired) electrons. The van der Waals surface area contributed by atoms with E-state index in [4.69, 9.17) is 24.3 Å². The molecular weight excluding hydrogens is 469 g/mol. The first-order valence-electron chi connectivity index (χ1n) is 9.86. The molecule has 32 heavy (non-hydrogen) atoms. The van der Waals surface area contributed by atoms with E-state index in [1.165, 1.54) is 16.3 Å². The van der Waals surface area contributed by atoms with Crippen molar-refractivity contribution in [1.29, 1.82) is 0 Å². The van der Waals surface area contributed by atoms with Crippen molar-refractivity contribution in [3.8, 4) is 0 Å². The second-order valence-corrected chi connectivity index (χ2v) is 9.83. The van der Waals surface area contributed by atoms with Gasteiger partial charge in [0.05, 0.1) is 6.61 Å². The second-order valence-electron chi connectivity index (χ2n) is 7.14. The number of imidazole rings is 1. The molecule has 178 valence electrons. The molecule has 2 unspecified atom stereocenters. The normalized spacial score (nSPS) is 27.9. The number of hydrogen-bond donors (Lipinski definition) is 5. The Bertz CT molecular complexity index is 1060. The van der Waals surface area contributed by atoms with Crippen LogP contribution in [0.25, 0.3) is 11.2 Å². The number of rotatable bonds is 7. The van der Waals surface area contributed by atoms with Crippen LogP contribution in [0.4, 0.5) is 5.95 Å². The van der Waals surface area contributed by atoms with Crippen LogP contribution in [0.1, 0.15) is 26.0 Å². The van der Waals surface area contributed by atoms with Crippen LogP contribution in [0, 0.1) is 0 Å². The van der Waals surface area contributed by atoms with E-state index in [1.807, 2.05) is 0 Å². The molecule has 4 rings (SSSR count). The Hall–Kier alpha value is -1.84. The predicted octanol–water partition coefficient (Wildman–Crippen LogP) is -0.795. The molecule has 2 aromatic rings. The van der Waals surface area contributed by atoms with Crippen molar-refractivity contribution in [3.05, 3.63) is 10.4 Å².